The minimum absolute atomic E-state index is 0.107. The molecule has 0 unspecified atom stereocenters. The van der Waals surface area contributed by atoms with Crippen LogP contribution in [0.4, 0.5) is 4.79 Å². The van der Waals surface area contributed by atoms with Gasteiger partial charge in [-0.25, -0.2) is 13.2 Å². The van der Waals surface area contributed by atoms with E-state index in [4.69, 9.17) is 5.73 Å². The first-order chi connectivity index (χ1) is 21.7. The van der Waals surface area contributed by atoms with E-state index in [9.17, 15) is 22.8 Å². The Morgan fingerprint density at radius 3 is 2.44 bits per heavy atom. The Morgan fingerprint density at radius 2 is 1.71 bits per heavy atom. The number of thioether (sulfide) groups is 1. The highest BCUT2D eigenvalue weighted by Crippen LogP contribution is 2.33. The normalized spacial score (nSPS) is 20.2. The van der Waals surface area contributed by atoms with Crippen molar-refractivity contribution in [3.8, 4) is 0 Å². The van der Waals surface area contributed by atoms with E-state index in [0.29, 0.717) is 56.0 Å². The summed E-state index contributed by atoms with van der Waals surface area (Å²) in [6, 6.07) is 17.5. The Balaban J connectivity index is 1.35. The van der Waals surface area contributed by atoms with Crippen LogP contribution in [0.25, 0.3) is 0 Å². The largest absolute Gasteiger partial charge is 0.344 e. The third kappa shape index (κ3) is 10.9. The summed E-state index contributed by atoms with van der Waals surface area (Å²) in [5.41, 5.74) is 7.25. The number of amides is 4. The van der Waals surface area contributed by atoms with Gasteiger partial charge in [0.05, 0.1) is 22.7 Å². The average molecular weight is 656 g/mol. The molecule has 0 saturated carbocycles. The molecule has 6 N–H and O–H groups in total. The zero-order valence-electron chi connectivity index (χ0n) is 25.6. The third-order valence-electron chi connectivity index (χ3n) is 8.14. The van der Waals surface area contributed by atoms with Crippen LogP contribution in [0.1, 0.15) is 56.9 Å². The van der Waals surface area contributed by atoms with E-state index >= 15 is 0 Å². The number of nitrogens with one attached hydrogen (secondary N) is 4. The predicted molar refractivity (Wildman–Crippen MR) is 178 cm³/mol. The molecule has 4 atom stereocenters. The summed E-state index contributed by atoms with van der Waals surface area (Å²) < 4.78 is 26.0. The number of hydrogen-bond donors (Lipinski definition) is 5. The van der Waals surface area contributed by atoms with Crippen molar-refractivity contribution in [2.75, 3.05) is 18.1 Å². The van der Waals surface area contributed by atoms with Gasteiger partial charge >= 0.3 is 6.03 Å². The zero-order chi connectivity index (χ0) is 32.1. The lowest BCUT2D eigenvalue weighted by Gasteiger charge is -2.20. The second-order valence-corrected chi connectivity index (χ2v) is 14.9. The lowest BCUT2D eigenvalue weighted by Crippen LogP contribution is -2.46. The molecule has 45 heavy (non-hydrogen) atoms. The van der Waals surface area contributed by atoms with Gasteiger partial charge in [0.2, 0.25) is 11.8 Å². The summed E-state index contributed by atoms with van der Waals surface area (Å²) in [4.78, 5) is 38.3. The van der Waals surface area contributed by atoms with Crippen LogP contribution in [0.2, 0.25) is 0 Å². The highest BCUT2D eigenvalue weighted by molar-refractivity contribution is 8.00. The molecule has 4 rings (SSSR count). The lowest BCUT2D eigenvalue weighted by molar-refractivity contribution is -0.128. The van der Waals surface area contributed by atoms with Crippen molar-refractivity contribution in [3.05, 3.63) is 78.0 Å². The molecular weight excluding hydrogens is 611 g/mol. The molecule has 2 fully saturated rings. The summed E-state index contributed by atoms with van der Waals surface area (Å²) in [6.07, 6.45) is 7.15. The van der Waals surface area contributed by atoms with Gasteiger partial charge in [0, 0.05) is 23.1 Å². The first kappa shape index (κ1) is 34.5. The minimum Gasteiger partial charge on any atom is -0.344 e. The summed E-state index contributed by atoms with van der Waals surface area (Å²) in [7, 11) is -3.59. The molecule has 0 spiro atoms. The maximum Gasteiger partial charge on any atom is 0.315 e. The highest BCUT2D eigenvalue weighted by Gasteiger charge is 2.42. The van der Waals surface area contributed by atoms with Crippen LogP contribution in [0.15, 0.2) is 77.3 Å². The van der Waals surface area contributed by atoms with Gasteiger partial charge in [-0.05, 0) is 75.3 Å². The number of aryl methyl sites for hydroxylation is 1. The molecule has 0 bridgehead atoms. The van der Waals surface area contributed by atoms with Crippen molar-refractivity contribution < 1.29 is 22.8 Å². The average Bonchev–Trinajstić information content (AvgIpc) is 3.60. The maximum atomic E-state index is 13.5. The number of sulfone groups is 1. The van der Waals surface area contributed by atoms with Crippen molar-refractivity contribution in [2.45, 2.75) is 86.1 Å². The number of nitrogens with two attached hydrogens (primary N) is 1. The first-order valence-electron chi connectivity index (χ1n) is 15.7. The Hall–Kier alpha value is -3.35. The highest BCUT2D eigenvalue weighted by atomic mass is 32.2. The summed E-state index contributed by atoms with van der Waals surface area (Å²) >= 11 is 1.85. The van der Waals surface area contributed by atoms with E-state index in [1.807, 2.05) is 42.1 Å². The lowest BCUT2D eigenvalue weighted by atomic mass is 10.0. The van der Waals surface area contributed by atoms with Gasteiger partial charge in [-0.1, -0.05) is 55.0 Å². The van der Waals surface area contributed by atoms with Gasteiger partial charge in [0.25, 0.3) is 0 Å². The van der Waals surface area contributed by atoms with Crippen LogP contribution >= 0.6 is 11.8 Å². The third-order valence-corrected chi connectivity index (χ3v) is 11.2. The molecular formula is C33H45N5O5S2. The molecule has 0 radical (unpaired) electrons. The fraction of sp³-hybridized carbons (Fsp3) is 0.485. The van der Waals surface area contributed by atoms with Crippen molar-refractivity contribution in [2.24, 2.45) is 5.73 Å². The maximum absolute atomic E-state index is 13.5. The molecule has 4 amide bonds. The van der Waals surface area contributed by atoms with Crippen LogP contribution in [-0.4, -0.2) is 67.7 Å². The predicted octanol–water partition coefficient (Wildman–Crippen LogP) is 3.43. The van der Waals surface area contributed by atoms with E-state index in [-0.39, 0.29) is 40.6 Å². The molecule has 0 aliphatic carbocycles. The van der Waals surface area contributed by atoms with Gasteiger partial charge in [0.15, 0.2) is 9.84 Å². The minimum atomic E-state index is -3.59. The number of carbonyl (C=O) groups is 3. The number of carbonyl (C=O) groups excluding carboxylic acids is 3. The molecule has 2 aromatic carbocycles. The number of fused-ring (bicyclic) bond motifs is 1. The second kappa shape index (κ2) is 17.4. The fourth-order valence-corrected chi connectivity index (χ4v) is 8.35. The number of benzene rings is 2. The summed E-state index contributed by atoms with van der Waals surface area (Å²) in [5.74, 6) is 0.0761. The number of unbranched alkanes of at least 4 members (excludes halogenated alkanes) is 2. The molecule has 2 heterocycles. The van der Waals surface area contributed by atoms with E-state index in [2.05, 4.69) is 21.3 Å². The number of urea groups is 1. The molecule has 2 aliphatic rings. The quantitative estimate of drug-likeness (QED) is 0.122. The SMILES string of the molecule is NCCCC[C@H](NC(=O)CCCC[C@@H]1SC[C@@H]2NC(=O)N[C@@H]21)C(=O)N/C(=C/CS(=O)(=O)c1ccccc1)CCc1ccccc1. The monoisotopic (exact) mass is 655 g/mol. The summed E-state index contributed by atoms with van der Waals surface area (Å²) in [5, 5.41) is 12.1. The Kier molecular flexibility index (Phi) is 13.3. The van der Waals surface area contributed by atoms with E-state index < -0.39 is 15.9 Å². The van der Waals surface area contributed by atoms with Gasteiger partial charge < -0.3 is 27.0 Å². The first-order valence-corrected chi connectivity index (χ1v) is 18.4. The number of allylic oxidation sites excluding steroid dienone is 1. The molecule has 244 valence electrons. The van der Waals surface area contributed by atoms with Crippen LogP contribution in [0.3, 0.4) is 0 Å². The second-order valence-electron chi connectivity index (χ2n) is 11.6. The van der Waals surface area contributed by atoms with Crippen molar-refractivity contribution >= 4 is 39.4 Å². The zero-order valence-corrected chi connectivity index (χ0v) is 27.2. The fourth-order valence-electron chi connectivity index (χ4n) is 5.62. The van der Waals surface area contributed by atoms with Gasteiger partial charge in [-0.15, -0.1) is 0 Å². The Morgan fingerprint density at radius 1 is 0.978 bits per heavy atom. The van der Waals surface area contributed by atoms with E-state index in [1.54, 1.807) is 36.4 Å². The van der Waals surface area contributed by atoms with E-state index in [0.717, 1.165) is 30.6 Å². The van der Waals surface area contributed by atoms with Crippen molar-refractivity contribution in [1.29, 1.82) is 0 Å². The van der Waals surface area contributed by atoms with Crippen LogP contribution < -0.4 is 27.0 Å². The molecule has 0 aromatic heterocycles. The standard InChI is InChI=1S/C33H45N5O5S2/c34-21-10-9-15-27(36-30(39)17-8-7-16-29-31-28(23-44-29)37-33(41)38-31)32(40)35-25(19-18-24-11-3-1-4-12-24)20-22-45(42,43)26-13-5-2-6-14-26/h1-6,11-14,20,27-29,31H,7-10,15-19,21-23,34H2,(H,35,40)(H,36,39)(H2,37,38,41)/b25-20+/t27-,28-,29-,31-/m0/s1. The topological polar surface area (TPSA) is 159 Å². The Bertz CT molecular complexity index is 1410. The summed E-state index contributed by atoms with van der Waals surface area (Å²) in [6.45, 7) is 0.485. The smallest absolute Gasteiger partial charge is 0.315 e. The molecule has 12 heteroatoms. The van der Waals surface area contributed by atoms with Gasteiger partial charge in [0.1, 0.15) is 6.04 Å². The van der Waals surface area contributed by atoms with E-state index in [1.165, 1.54) is 0 Å². The van der Waals surface area contributed by atoms with Crippen LogP contribution in [-0.2, 0) is 25.8 Å². The van der Waals surface area contributed by atoms with Crippen LogP contribution in [0.5, 0.6) is 0 Å². The molecule has 10 nitrogen and oxygen atoms in total. The number of hydrogen-bond acceptors (Lipinski definition) is 7. The van der Waals surface area contributed by atoms with Crippen molar-refractivity contribution in [1.82, 2.24) is 21.3 Å². The van der Waals surface area contributed by atoms with Gasteiger partial charge in [-0.3, -0.25) is 9.59 Å². The molecule has 2 aromatic rings. The number of rotatable bonds is 18. The van der Waals surface area contributed by atoms with Crippen molar-refractivity contribution in [3.63, 3.8) is 0 Å². The van der Waals surface area contributed by atoms with Gasteiger partial charge in [-0.2, -0.15) is 11.8 Å². The molecule has 2 saturated heterocycles. The Labute approximate surface area is 270 Å². The molecule has 2 aliphatic heterocycles. The van der Waals surface area contributed by atoms with Crippen LogP contribution in [0, 0.1) is 0 Å².